The van der Waals surface area contributed by atoms with Gasteiger partial charge in [0.15, 0.2) is 0 Å². The molecule has 0 heterocycles. The van der Waals surface area contributed by atoms with Crippen LogP contribution in [0, 0.1) is 0 Å². The summed E-state index contributed by atoms with van der Waals surface area (Å²) in [6, 6.07) is 0.0111. The molecular formula is C11H23NO2S. The number of carboxylic acids is 1. The zero-order valence-corrected chi connectivity index (χ0v) is 11.0. The monoisotopic (exact) mass is 233 g/mol. The molecule has 90 valence electrons. The molecule has 0 fully saturated rings. The second-order valence-corrected chi connectivity index (χ2v) is 4.92. The van der Waals surface area contributed by atoms with E-state index < -0.39 is 5.97 Å². The number of likely N-dealkylation sites (N-methyl/N-ethyl adjacent to an activating group) is 1. The highest BCUT2D eigenvalue weighted by Gasteiger charge is 2.24. The lowest BCUT2D eigenvalue weighted by Gasteiger charge is -2.30. The highest BCUT2D eigenvalue weighted by Crippen LogP contribution is 2.13. The van der Waals surface area contributed by atoms with Crippen LogP contribution < -0.4 is 0 Å². The molecule has 15 heavy (non-hydrogen) atoms. The van der Waals surface area contributed by atoms with Crippen molar-refractivity contribution in [3.63, 3.8) is 0 Å². The van der Waals surface area contributed by atoms with Gasteiger partial charge in [-0.3, -0.25) is 9.69 Å². The van der Waals surface area contributed by atoms with Gasteiger partial charge in [0, 0.05) is 6.04 Å². The van der Waals surface area contributed by atoms with Crippen molar-refractivity contribution in [2.24, 2.45) is 0 Å². The van der Waals surface area contributed by atoms with Gasteiger partial charge < -0.3 is 5.11 Å². The van der Waals surface area contributed by atoms with Crippen LogP contribution in [-0.4, -0.2) is 47.1 Å². The van der Waals surface area contributed by atoms with Gasteiger partial charge in [0.05, 0.1) is 0 Å². The van der Waals surface area contributed by atoms with E-state index in [-0.39, 0.29) is 6.04 Å². The molecule has 0 aromatic rings. The number of thioether (sulfide) groups is 1. The molecule has 4 heteroatoms. The largest absolute Gasteiger partial charge is 0.480 e. The average Bonchev–Trinajstić information content (AvgIpc) is 2.21. The van der Waals surface area contributed by atoms with Crippen LogP contribution >= 0.6 is 11.8 Å². The minimum Gasteiger partial charge on any atom is -0.480 e. The molecule has 1 N–H and O–H groups in total. The first-order valence-corrected chi connectivity index (χ1v) is 6.87. The lowest BCUT2D eigenvalue weighted by atomic mass is 10.1. The van der Waals surface area contributed by atoms with Crippen molar-refractivity contribution in [3.8, 4) is 0 Å². The van der Waals surface area contributed by atoms with Gasteiger partial charge in [-0.25, -0.2) is 0 Å². The molecule has 3 nitrogen and oxygen atoms in total. The third-order valence-corrected chi connectivity index (χ3v) is 3.42. The van der Waals surface area contributed by atoms with Gasteiger partial charge in [-0.15, -0.1) is 0 Å². The number of rotatable bonds is 8. The molecule has 0 bridgehead atoms. The Bertz CT molecular complexity index is 187. The highest BCUT2D eigenvalue weighted by molar-refractivity contribution is 7.98. The third kappa shape index (κ3) is 5.42. The summed E-state index contributed by atoms with van der Waals surface area (Å²) in [5.41, 5.74) is 0. The number of carbonyl (C=O) groups is 1. The first-order chi connectivity index (χ1) is 7.04. The maximum atomic E-state index is 11.1. The van der Waals surface area contributed by atoms with Crippen molar-refractivity contribution in [2.75, 3.05) is 19.1 Å². The lowest BCUT2D eigenvalue weighted by Crippen LogP contribution is -2.43. The Labute approximate surface area is 97.2 Å². The summed E-state index contributed by atoms with van der Waals surface area (Å²) in [5, 5.41) is 9.10. The third-order valence-electron chi connectivity index (χ3n) is 2.77. The van der Waals surface area contributed by atoms with Gasteiger partial charge in [-0.05, 0) is 38.8 Å². The molecule has 0 radical (unpaired) electrons. The Morgan fingerprint density at radius 1 is 1.47 bits per heavy atom. The standard InChI is InChI=1S/C11H23NO2S/c1-5-6-10(11(13)14)12(3)9(2)7-8-15-4/h9-10H,5-8H2,1-4H3,(H,13,14). The van der Waals surface area contributed by atoms with E-state index in [0.29, 0.717) is 6.04 Å². The average molecular weight is 233 g/mol. The molecule has 2 unspecified atom stereocenters. The van der Waals surface area contributed by atoms with E-state index in [4.69, 9.17) is 5.11 Å². The predicted molar refractivity (Wildman–Crippen MR) is 66.6 cm³/mol. The quantitative estimate of drug-likeness (QED) is 0.698. The molecule has 0 rings (SSSR count). The Kier molecular flexibility index (Phi) is 7.88. The number of aliphatic carboxylic acids is 1. The van der Waals surface area contributed by atoms with E-state index in [9.17, 15) is 4.79 Å². The maximum absolute atomic E-state index is 11.1. The van der Waals surface area contributed by atoms with Gasteiger partial charge >= 0.3 is 5.97 Å². The molecule has 0 saturated carbocycles. The number of hydrogen-bond acceptors (Lipinski definition) is 3. The molecule has 0 aromatic carbocycles. The molecular weight excluding hydrogens is 210 g/mol. The topological polar surface area (TPSA) is 40.5 Å². The molecule has 0 aliphatic heterocycles. The summed E-state index contributed by atoms with van der Waals surface area (Å²) in [5.74, 6) is 0.389. The Hall–Kier alpha value is -0.220. The second-order valence-electron chi connectivity index (χ2n) is 3.94. The summed E-state index contributed by atoms with van der Waals surface area (Å²) in [6.07, 6.45) is 4.77. The SMILES string of the molecule is CCCC(C(=O)O)N(C)C(C)CCSC. The van der Waals surface area contributed by atoms with Crippen LogP contribution in [0.25, 0.3) is 0 Å². The van der Waals surface area contributed by atoms with Crippen molar-refractivity contribution in [2.45, 2.75) is 45.2 Å². The normalized spacial score (nSPS) is 15.3. The Morgan fingerprint density at radius 3 is 2.47 bits per heavy atom. The smallest absolute Gasteiger partial charge is 0.320 e. The number of nitrogens with zero attached hydrogens (tertiary/aromatic N) is 1. The fraction of sp³-hybridized carbons (Fsp3) is 0.909. The predicted octanol–water partition coefficient (Wildman–Crippen LogP) is 2.31. The first-order valence-electron chi connectivity index (χ1n) is 5.48. The van der Waals surface area contributed by atoms with E-state index in [1.165, 1.54) is 0 Å². The van der Waals surface area contributed by atoms with Crippen molar-refractivity contribution in [1.82, 2.24) is 4.90 Å². The molecule has 2 atom stereocenters. The molecule has 0 saturated heterocycles. The Balaban J connectivity index is 4.21. The fourth-order valence-corrected chi connectivity index (χ4v) is 2.15. The summed E-state index contributed by atoms with van der Waals surface area (Å²) in [4.78, 5) is 13.1. The van der Waals surface area contributed by atoms with Gasteiger partial charge in [-0.2, -0.15) is 11.8 Å². The van der Waals surface area contributed by atoms with Crippen molar-refractivity contribution >= 4 is 17.7 Å². The Morgan fingerprint density at radius 2 is 2.07 bits per heavy atom. The summed E-state index contributed by atoms with van der Waals surface area (Å²) in [7, 11) is 1.92. The highest BCUT2D eigenvalue weighted by atomic mass is 32.2. The van der Waals surface area contributed by atoms with E-state index in [2.05, 4.69) is 13.2 Å². The summed E-state index contributed by atoms with van der Waals surface area (Å²) in [6.45, 7) is 4.12. The maximum Gasteiger partial charge on any atom is 0.320 e. The van der Waals surface area contributed by atoms with Gasteiger partial charge in [-0.1, -0.05) is 13.3 Å². The summed E-state index contributed by atoms with van der Waals surface area (Å²) >= 11 is 1.81. The molecule has 0 spiro atoms. The molecule has 0 aliphatic rings. The van der Waals surface area contributed by atoms with E-state index in [1.807, 2.05) is 18.9 Å². The van der Waals surface area contributed by atoms with Gasteiger partial charge in [0.2, 0.25) is 0 Å². The van der Waals surface area contributed by atoms with Crippen LogP contribution in [0.1, 0.15) is 33.1 Å². The molecule has 0 amide bonds. The summed E-state index contributed by atoms with van der Waals surface area (Å²) < 4.78 is 0. The number of hydrogen-bond donors (Lipinski definition) is 1. The zero-order chi connectivity index (χ0) is 11.8. The van der Waals surface area contributed by atoms with Crippen LogP contribution in [-0.2, 0) is 4.79 Å². The van der Waals surface area contributed by atoms with Crippen LogP contribution in [0.2, 0.25) is 0 Å². The van der Waals surface area contributed by atoms with Crippen LogP contribution in [0.15, 0.2) is 0 Å². The van der Waals surface area contributed by atoms with Crippen LogP contribution in [0.3, 0.4) is 0 Å². The fourth-order valence-electron chi connectivity index (χ4n) is 1.57. The van der Waals surface area contributed by atoms with Crippen molar-refractivity contribution in [3.05, 3.63) is 0 Å². The van der Waals surface area contributed by atoms with Crippen molar-refractivity contribution in [1.29, 1.82) is 0 Å². The van der Waals surface area contributed by atoms with E-state index >= 15 is 0 Å². The molecule has 0 aliphatic carbocycles. The lowest BCUT2D eigenvalue weighted by molar-refractivity contribution is -0.143. The first kappa shape index (κ1) is 14.8. The second kappa shape index (κ2) is 7.99. The minimum atomic E-state index is -0.699. The van der Waals surface area contributed by atoms with Gasteiger partial charge in [0.1, 0.15) is 6.04 Å². The number of carboxylic acid groups (broad SMARTS) is 1. The zero-order valence-electron chi connectivity index (χ0n) is 10.2. The van der Waals surface area contributed by atoms with Crippen LogP contribution in [0.5, 0.6) is 0 Å². The van der Waals surface area contributed by atoms with Crippen LogP contribution in [0.4, 0.5) is 0 Å². The van der Waals surface area contributed by atoms with Crippen molar-refractivity contribution < 1.29 is 9.90 Å². The van der Waals surface area contributed by atoms with Gasteiger partial charge in [0.25, 0.3) is 0 Å². The van der Waals surface area contributed by atoms with E-state index in [1.54, 1.807) is 11.8 Å². The minimum absolute atomic E-state index is 0.327. The van der Waals surface area contributed by atoms with E-state index in [0.717, 1.165) is 25.0 Å². The molecule has 0 aromatic heterocycles.